The van der Waals surface area contributed by atoms with Crippen LogP contribution in [0.3, 0.4) is 0 Å². The molecule has 2 aromatic rings. The highest BCUT2D eigenvalue weighted by Gasteiger charge is 2.21. The molecule has 2 N–H and O–H groups in total. The van der Waals surface area contributed by atoms with Gasteiger partial charge in [0, 0.05) is 26.0 Å². The fraction of sp³-hybridized carbons (Fsp3) is 0.154. The largest absolute Gasteiger partial charge is 0.397 e. The van der Waals surface area contributed by atoms with E-state index < -0.39 is 10.0 Å². The quantitative estimate of drug-likeness (QED) is 0.878. The fourth-order valence-corrected chi connectivity index (χ4v) is 3.00. The van der Waals surface area contributed by atoms with E-state index in [1.807, 2.05) is 0 Å². The van der Waals surface area contributed by atoms with Crippen LogP contribution in [0.1, 0.15) is 5.56 Å². The van der Waals surface area contributed by atoms with Crippen LogP contribution in [0.5, 0.6) is 0 Å². The minimum atomic E-state index is -3.60. The number of benzene rings is 1. The first-order valence-corrected chi connectivity index (χ1v) is 7.63. The average Bonchev–Trinajstić information content (AvgIpc) is 2.42. The van der Waals surface area contributed by atoms with Gasteiger partial charge in [0.15, 0.2) is 0 Å². The summed E-state index contributed by atoms with van der Waals surface area (Å²) in [6.07, 6.45) is 3.24. The van der Waals surface area contributed by atoms with Gasteiger partial charge in [0.1, 0.15) is 0 Å². The van der Waals surface area contributed by atoms with Crippen molar-refractivity contribution < 1.29 is 8.42 Å². The molecule has 2 rings (SSSR count). The number of anilines is 1. The molecule has 0 aliphatic heterocycles. The van der Waals surface area contributed by atoms with Gasteiger partial charge in [0.05, 0.1) is 15.6 Å². The van der Waals surface area contributed by atoms with Gasteiger partial charge in [-0.1, -0.05) is 11.6 Å². The maximum absolute atomic E-state index is 12.4. The lowest BCUT2D eigenvalue weighted by atomic mass is 10.3. The van der Waals surface area contributed by atoms with E-state index in [-0.39, 0.29) is 17.1 Å². The van der Waals surface area contributed by atoms with Crippen LogP contribution in [0.15, 0.2) is 47.6 Å². The lowest BCUT2D eigenvalue weighted by Crippen LogP contribution is -2.26. The lowest BCUT2D eigenvalue weighted by Gasteiger charge is -2.17. The molecular formula is C13H14ClN3O2S. The highest BCUT2D eigenvalue weighted by atomic mass is 35.5. The standard InChI is InChI=1S/C13H14ClN3O2S/c1-17(9-10-4-6-16-7-5-10)20(18,19)11-2-3-12(14)13(15)8-11/h2-8H,9,15H2,1H3. The van der Waals surface area contributed by atoms with E-state index >= 15 is 0 Å². The van der Waals surface area contributed by atoms with Gasteiger partial charge in [0.2, 0.25) is 10.0 Å². The average molecular weight is 312 g/mol. The van der Waals surface area contributed by atoms with E-state index in [0.29, 0.717) is 5.02 Å². The second-order valence-electron chi connectivity index (χ2n) is 4.30. The molecule has 7 heteroatoms. The first-order chi connectivity index (χ1) is 9.41. The maximum atomic E-state index is 12.4. The van der Waals surface area contributed by atoms with Crippen LogP contribution in [0.2, 0.25) is 5.02 Å². The normalized spacial score (nSPS) is 11.8. The van der Waals surface area contributed by atoms with Crippen LogP contribution < -0.4 is 5.73 Å². The van der Waals surface area contributed by atoms with Gasteiger partial charge in [-0.25, -0.2) is 8.42 Å². The Kier molecular flexibility index (Phi) is 4.27. The summed E-state index contributed by atoms with van der Waals surface area (Å²) in [6.45, 7) is 0.257. The lowest BCUT2D eigenvalue weighted by molar-refractivity contribution is 0.466. The first kappa shape index (κ1) is 14.8. The predicted octanol–water partition coefficient (Wildman–Crippen LogP) is 2.14. The molecule has 0 radical (unpaired) electrons. The zero-order valence-corrected chi connectivity index (χ0v) is 12.4. The smallest absolute Gasteiger partial charge is 0.243 e. The van der Waals surface area contributed by atoms with Crippen molar-refractivity contribution in [3.63, 3.8) is 0 Å². The maximum Gasteiger partial charge on any atom is 0.243 e. The Balaban J connectivity index is 2.27. The number of nitrogens with zero attached hydrogens (tertiary/aromatic N) is 2. The highest BCUT2D eigenvalue weighted by Crippen LogP contribution is 2.24. The molecule has 0 saturated carbocycles. The number of pyridine rings is 1. The summed E-state index contributed by atoms with van der Waals surface area (Å²) < 4.78 is 26.1. The van der Waals surface area contributed by atoms with Crippen molar-refractivity contribution >= 4 is 27.3 Å². The topological polar surface area (TPSA) is 76.3 Å². The molecule has 5 nitrogen and oxygen atoms in total. The van der Waals surface area contributed by atoms with Crippen LogP contribution in [0, 0.1) is 0 Å². The molecule has 106 valence electrons. The van der Waals surface area contributed by atoms with E-state index in [0.717, 1.165) is 5.56 Å². The van der Waals surface area contributed by atoms with Crippen LogP contribution in [-0.4, -0.2) is 24.8 Å². The third kappa shape index (κ3) is 3.09. The molecule has 0 fully saturated rings. The van der Waals surface area contributed by atoms with Crippen LogP contribution in [-0.2, 0) is 16.6 Å². The van der Waals surface area contributed by atoms with Crippen molar-refractivity contribution in [2.45, 2.75) is 11.4 Å². The molecular weight excluding hydrogens is 298 g/mol. The van der Waals surface area contributed by atoms with Crippen molar-refractivity contribution in [2.75, 3.05) is 12.8 Å². The van der Waals surface area contributed by atoms with E-state index in [1.165, 1.54) is 29.6 Å². The molecule has 0 aliphatic carbocycles. The third-order valence-corrected chi connectivity index (χ3v) is 4.97. The van der Waals surface area contributed by atoms with Crippen molar-refractivity contribution in [1.29, 1.82) is 0 Å². The Morgan fingerprint density at radius 1 is 1.25 bits per heavy atom. The molecule has 1 aromatic heterocycles. The molecule has 1 heterocycles. The Morgan fingerprint density at radius 3 is 2.50 bits per heavy atom. The summed E-state index contributed by atoms with van der Waals surface area (Å²) in [5.74, 6) is 0. The Hall–Kier alpha value is -1.63. The number of sulfonamides is 1. The van der Waals surface area contributed by atoms with Crippen molar-refractivity contribution in [3.05, 3.63) is 53.3 Å². The van der Waals surface area contributed by atoms with Crippen molar-refractivity contribution in [1.82, 2.24) is 9.29 Å². The minimum absolute atomic E-state index is 0.121. The molecule has 0 saturated heterocycles. The molecule has 0 unspecified atom stereocenters. The van der Waals surface area contributed by atoms with Gasteiger partial charge < -0.3 is 5.73 Å². The minimum Gasteiger partial charge on any atom is -0.397 e. The highest BCUT2D eigenvalue weighted by molar-refractivity contribution is 7.89. The van der Waals surface area contributed by atoms with Crippen molar-refractivity contribution in [3.8, 4) is 0 Å². The number of nitrogen functional groups attached to an aromatic ring is 1. The summed E-state index contributed by atoms with van der Waals surface area (Å²) in [4.78, 5) is 4.02. The van der Waals surface area contributed by atoms with E-state index in [9.17, 15) is 8.42 Å². The number of halogens is 1. The Bertz CT molecular complexity index is 705. The van der Waals surface area contributed by atoms with E-state index in [4.69, 9.17) is 17.3 Å². The molecule has 0 spiro atoms. The number of hydrogen-bond acceptors (Lipinski definition) is 4. The molecule has 1 aromatic carbocycles. The predicted molar refractivity (Wildman–Crippen MR) is 78.8 cm³/mol. The van der Waals surface area contributed by atoms with Gasteiger partial charge in [-0.2, -0.15) is 4.31 Å². The zero-order valence-electron chi connectivity index (χ0n) is 10.8. The number of nitrogens with two attached hydrogens (primary N) is 1. The van der Waals surface area contributed by atoms with Gasteiger partial charge >= 0.3 is 0 Å². The Labute approximate surface area is 123 Å². The molecule has 0 bridgehead atoms. The number of hydrogen-bond donors (Lipinski definition) is 1. The zero-order chi connectivity index (χ0) is 14.8. The summed E-state index contributed by atoms with van der Waals surface area (Å²) in [5, 5.41) is 0.334. The van der Waals surface area contributed by atoms with E-state index in [1.54, 1.807) is 24.5 Å². The van der Waals surface area contributed by atoms with E-state index in [2.05, 4.69) is 4.98 Å². The van der Waals surface area contributed by atoms with Gasteiger partial charge in [0.25, 0.3) is 0 Å². The summed E-state index contributed by atoms with van der Waals surface area (Å²) in [6, 6.07) is 7.81. The first-order valence-electron chi connectivity index (χ1n) is 5.81. The van der Waals surface area contributed by atoms with Gasteiger partial charge in [-0.05, 0) is 35.9 Å². The number of rotatable bonds is 4. The fourth-order valence-electron chi connectivity index (χ4n) is 1.69. The number of aromatic nitrogens is 1. The van der Waals surface area contributed by atoms with Gasteiger partial charge in [-0.3, -0.25) is 4.98 Å². The van der Waals surface area contributed by atoms with Gasteiger partial charge in [-0.15, -0.1) is 0 Å². The summed E-state index contributed by atoms with van der Waals surface area (Å²) in [7, 11) is -2.09. The molecule has 0 atom stereocenters. The molecule has 0 aliphatic rings. The van der Waals surface area contributed by atoms with Crippen LogP contribution in [0.25, 0.3) is 0 Å². The third-order valence-electron chi connectivity index (χ3n) is 2.83. The Morgan fingerprint density at radius 2 is 1.90 bits per heavy atom. The second kappa shape index (κ2) is 5.78. The monoisotopic (exact) mass is 311 g/mol. The molecule has 0 amide bonds. The van der Waals surface area contributed by atoms with Crippen LogP contribution in [0.4, 0.5) is 5.69 Å². The van der Waals surface area contributed by atoms with Crippen molar-refractivity contribution in [2.24, 2.45) is 0 Å². The summed E-state index contributed by atoms with van der Waals surface area (Å²) in [5.41, 5.74) is 6.74. The second-order valence-corrected chi connectivity index (χ2v) is 6.75. The summed E-state index contributed by atoms with van der Waals surface area (Å²) >= 11 is 5.80. The SMILES string of the molecule is CN(Cc1ccncc1)S(=O)(=O)c1ccc(Cl)c(N)c1. The van der Waals surface area contributed by atoms with Crippen LogP contribution >= 0.6 is 11.6 Å². The molecule has 20 heavy (non-hydrogen) atoms.